The van der Waals surface area contributed by atoms with E-state index in [2.05, 4.69) is 10.3 Å². The first-order chi connectivity index (χ1) is 11.9. The third-order valence-electron chi connectivity index (χ3n) is 4.02. The molecule has 3 nitrogen and oxygen atoms in total. The van der Waals surface area contributed by atoms with E-state index in [0.29, 0.717) is 22.2 Å². The molecule has 1 N–H and O–H groups in total. The predicted molar refractivity (Wildman–Crippen MR) is 100 cm³/mol. The van der Waals surface area contributed by atoms with Gasteiger partial charge in [-0.25, -0.2) is 13.8 Å². The van der Waals surface area contributed by atoms with Crippen LogP contribution in [0.4, 0.5) is 20.3 Å². The second kappa shape index (κ2) is 6.67. The number of anilines is 2. The SMILES string of the molecule is CC(C)Nc1ncc(-c2ccc(N(C)C)cc2)c2c(F)cc(F)cc12. The molecule has 2 aromatic carbocycles. The quantitative estimate of drug-likeness (QED) is 0.718. The van der Waals surface area contributed by atoms with Crippen LogP contribution in [0.25, 0.3) is 21.9 Å². The van der Waals surface area contributed by atoms with Gasteiger partial charge in [-0.05, 0) is 37.6 Å². The molecular formula is C20H21F2N3. The van der Waals surface area contributed by atoms with Crippen LogP contribution in [0.5, 0.6) is 0 Å². The molecule has 1 aromatic heterocycles. The number of fused-ring (bicyclic) bond motifs is 1. The van der Waals surface area contributed by atoms with Crippen LogP contribution >= 0.6 is 0 Å². The predicted octanol–water partition coefficient (Wildman–Crippen LogP) is 5.07. The Morgan fingerprint density at radius 2 is 1.72 bits per heavy atom. The van der Waals surface area contributed by atoms with E-state index in [1.165, 1.54) is 6.07 Å². The summed E-state index contributed by atoms with van der Waals surface area (Å²) in [6, 6.07) is 10.1. The first-order valence-corrected chi connectivity index (χ1v) is 8.19. The molecule has 25 heavy (non-hydrogen) atoms. The number of rotatable bonds is 4. The maximum absolute atomic E-state index is 14.6. The molecule has 130 valence electrons. The highest BCUT2D eigenvalue weighted by molar-refractivity contribution is 6.02. The van der Waals surface area contributed by atoms with Crippen LogP contribution in [-0.2, 0) is 0 Å². The third-order valence-corrected chi connectivity index (χ3v) is 4.02. The topological polar surface area (TPSA) is 28.2 Å². The van der Waals surface area contributed by atoms with Gasteiger partial charge in [0.05, 0.1) is 0 Å². The van der Waals surface area contributed by atoms with Crippen molar-refractivity contribution in [3.05, 3.63) is 54.2 Å². The smallest absolute Gasteiger partial charge is 0.134 e. The highest BCUT2D eigenvalue weighted by Crippen LogP contribution is 2.35. The fourth-order valence-electron chi connectivity index (χ4n) is 2.84. The average Bonchev–Trinajstić information content (AvgIpc) is 2.55. The summed E-state index contributed by atoms with van der Waals surface area (Å²) in [5.41, 5.74) is 2.53. The summed E-state index contributed by atoms with van der Waals surface area (Å²) in [5, 5.41) is 3.97. The Kier molecular flexibility index (Phi) is 4.57. The summed E-state index contributed by atoms with van der Waals surface area (Å²) < 4.78 is 28.4. The summed E-state index contributed by atoms with van der Waals surface area (Å²) in [6.45, 7) is 3.91. The first-order valence-electron chi connectivity index (χ1n) is 8.19. The molecule has 3 rings (SSSR count). The van der Waals surface area contributed by atoms with Crippen LogP contribution in [0.2, 0.25) is 0 Å². The summed E-state index contributed by atoms with van der Waals surface area (Å²) in [6.07, 6.45) is 1.64. The molecule has 0 radical (unpaired) electrons. The monoisotopic (exact) mass is 341 g/mol. The molecule has 3 aromatic rings. The summed E-state index contributed by atoms with van der Waals surface area (Å²) >= 11 is 0. The number of halogens is 2. The standard InChI is InChI=1S/C20H21F2N3/c1-12(2)24-20-16-9-14(21)10-18(22)19(16)17(11-23-20)13-5-7-15(8-6-13)25(3)4/h5-12H,1-4H3,(H,23,24). The van der Waals surface area contributed by atoms with Gasteiger partial charge in [-0.3, -0.25) is 0 Å². The van der Waals surface area contributed by atoms with Crippen molar-refractivity contribution in [3.63, 3.8) is 0 Å². The van der Waals surface area contributed by atoms with Crippen molar-refractivity contribution >= 4 is 22.3 Å². The number of aromatic nitrogens is 1. The molecule has 0 aliphatic heterocycles. The largest absolute Gasteiger partial charge is 0.378 e. The van der Waals surface area contributed by atoms with Gasteiger partial charge in [-0.1, -0.05) is 12.1 Å². The van der Waals surface area contributed by atoms with Gasteiger partial charge in [-0.2, -0.15) is 0 Å². The maximum Gasteiger partial charge on any atom is 0.134 e. The zero-order valence-electron chi connectivity index (χ0n) is 14.8. The Hall–Kier alpha value is -2.69. The lowest BCUT2D eigenvalue weighted by Crippen LogP contribution is -2.11. The van der Waals surface area contributed by atoms with Crippen molar-refractivity contribution < 1.29 is 8.78 Å². The zero-order chi connectivity index (χ0) is 18.1. The number of hydrogen-bond donors (Lipinski definition) is 1. The maximum atomic E-state index is 14.6. The van der Waals surface area contributed by atoms with Crippen LogP contribution in [0.1, 0.15) is 13.8 Å². The van der Waals surface area contributed by atoms with Crippen LogP contribution in [-0.4, -0.2) is 25.1 Å². The lowest BCUT2D eigenvalue weighted by atomic mass is 9.99. The van der Waals surface area contributed by atoms with Gasteiger partial charge >= 0.3 is 0 Å². The highest BCUT2D eigenvalue weighted by atomic mass is 19.1. The van der Waals surface area contributed by atoms with E-state index in [1.54, 1.807) is 6.20 Å². The Balaban J connectivity index is 2.22. The van der Waals surface area contributed by atoms with E-state index in [-0.39, 0.29) is 6.04 Å². The molecule has 0 atom stereocenters. The van der Waals surface area contributed by atoms with E-state index in [1.807, 2.05) is 57.1 Å². The molecule has 0 spiro atoms. The Morgan fingerprint density at radius 1 is 1.04 bits per heavy atom. The molecule has 0 aliphatic rings. The lowest BCUT2D eigenvalue weighted by Gasteiger charge is -2.16. The van der Waals surface area contributed by atoms with Gasteiger partial charge in [0.2, 0.25) is 0 Å². The van der Waals surface area contributed by atoms with Crippen LogP contribution in [0.3, 0.4) is 0 Å². The minimum Gasteiger partial charge on any atom is -0.378 e. The molecule has 0 saturated heterocycles. The van der Waals surface area contributed by atoms with Crippen molar-refractivity contribution in [1.29, 1.82) is 0 Å². The normalized spacial score (nSPS) is 11.2. The van der Waals surface area contributed by atoms with Crippen LogP contribution in [0.15, 0.2) is 42.6 Å². The second-order valence-electron chi connectivity index (χ2n) is 6.57. The Morgan fingerprint density at radius 3 is 2.32 bits per heavy atom. The van der Waals surface area contributed by atoms with Crippen molar-refractivity contribution in [3.8, 4) is 11.1 Å². The summed E-state index contributed by atoms with van der Waals surface area (Å²) in [4.78, 5) is 6.40. The van der Waals surface area contributed by atoms with Gasteiger partial charge in [-0.15, -0.1) is 0 Å². The fraction of sp³-hybridized carbons (Fsp3) is 0.250. The van der Waals surface area contributed by atoms with Crippen molar-refractivity contribution in [1.82, 2.24) is 4.98 Å². The van der Waals surface area contributed by atoms with Crippen molar-refractivity contribution in [2.75, 3.05) is 24.3 Å². The van der Waals surface area contributed by atoms with E-state index in [4.69, 9.17) is 0 Å². The third kappa shape index (κ3) is 3.40. The molecule has 1 heterocycles. The molecule has 0 bridgehead atoms. The zero-order valence-corrected chi connectivity index (χ0v) is 14.8. The number of hydrogen-bond acceptors (Lipinski definition) is 3. The summed E-state index contributed by atoms with van der Waals surface area (Å²) in [5.74, 6) is -0.716. The Bertz CT molecular complexity index is 903. The number of nitrogens with one attached hydrogen (secondary N) is 1. The minimum atomic E-state index is -0.612. The minimum absolute atomic E-state index is 0.104. The number of benzene rings is 2. The second-order valence-corrected chi connectivity index (χ2v) is 6.57. The van der Waals surface area contributed by atoms with Crippen molar-refractivity contribution in [2.24, 2.45) is 0 Å². The molecular weight excluding hydrogens is 320 g/mol. The van der Waals surface area contributed by atoms with Gasteiger partial charge < -0.3 is 10.2 Å². The van der Waals surface area contributed by atoms with E-state index in [9.17, 15) is 8.78 Å². The number of pyridine rings is 1. The average molecular weight is 341 g/mol. The lowest BCUT2D eigenvalue weighted by molar-refractivity contribution is 0.592. The fourth-order valence-corrected chi connectivity index (χ4v) is 2.84. The highest BCUT2D eigenvalue weighted by Gasteiger charge is 2.15. The summed E-state index contributed by atoms with van der Waals surface area (Å²) in [7, 11) is 3.92. The van der Waals surface area contributed by atoms with E-state index in [0.717, 1.165) is 17.3 Å². The van der Waals surface area contributed by atoms with E-state index < -0.39 is 11.6 Å². The van der Waals surface area contributed by atoms with Gasteiger partial charge in [0.25, 0.3) is 0 Å². The molecule has 0 unspecified atom stereocenters. The molecule has 0 fully saturated rings. The Labute approximate surface area is 146 Å². The molecule has 0 aliphatic carbocycles. The van der Waals surface area contributed by atoms with Crippen molar-refractivity contribution in [2.45, 2.75) is 19.9 Å². The molecule has 0 saturated carbocycles. The van der Waals surface area contributed by atoms with Gasteiger partial charge in [0.15, 0.2) is 0 Å². The van der Waals surface area contributed by atoms with Crippen LogP contribution in [0, 0.1) is 11.6 Å². The van der Waals surface area contributed by atoms with Crippen LogP contribution < -0.4 is 10.2 Å². The van der Waals surface area contributed by atoms with E-state index >= 15 is 0 Å². The van der Waals surface area contributed by atoms with Gasteiger partial charge in [0.1, 0.15) is 17.5 Å². The van der Waals surface area contributed by atoms with Gasteiger partial charge in [0, 0.05) is 54.4 Å². The first kappa shape index (κ1) is 17.1. The molecule has 5 heteroatoms. The molecule has 0 amide bonds. The number of nitrogens with zero attached hydrogens (tertiary/aromatic N) is 2.